The number of aromatic nitrogens is 2. The highest BCUT2D eigenvalue weighted by Crippen LogP contribution is 2.32. The van der Waals surface area contributed by atoms with E-state index in [1.54, 1.807) is 6.07 Å². The topological polar surface area (TPSA) is 37.8 Å². The summed E-state index contributed by atoms with van der Waals surface area (Å²) in [5.41, 5.74) is 1.89. The van der Waals surface area contributed by atoms with Gasteiger partial charge in [0, 0.05) is 12.6 Å². The molecular formula is C14H14F3N3. The Morgan fingerprint density at radius 1 is 1.05 bits per heavy atom. The minimum Gasteiger partial charge on any atom is -0.357 e. The molecule has 0 saturated carbocycles. The number of hydrogen-bond acceptors (Lipinski definition) is 3. The Morgan fingerprint density at radius 2 is 1.75 bits per heavy atom. The molecule has 0 atom stereocenters. The first-order chi connectivity index (χ1) is 9.31. The number of alkyl halides is 3. The van der Waals surface area contributed by atoms with E-state index >= 15 is 0 Å². The number of nitrogens with zero attached hydrogens (tertiary/aromatic N) is 2. The maximum Gasteiger partial charge on any atom is 0.433 e. The Hall–Kier alpha value is -2.11. The lowest BCUT2D eigenvalue weighted by Crippen LogP contribution is -2.11. The van der Waals surface area contributed by atoms with Gasteiger partial charge in [-0.1, -0.05) is 23.8 Å². The molecule has 2 rings (SSSR count). The van der Waals surface area contributed by atoms with Gasteiger partial charge in [0.1, 0.15) is 0 Å². The van der Waals surface area contributed by atoms with Crippen molar-refractivity contribution in [3.63, 3.8) is 0 Å². The van der Waals surface area contributed by atoms with Gasteiger partial charge in [0.15, 0.2) is 5.69 Å². The van der Waals surface area contributed by atoms with Gasteiger partial charge in [-0.25, -0.2) is 9.97 Å². The summed E-state index contributed by atoms with van der Waals surface area (Å²) in [6.07, 6.45) is -4.50. The summed E-state index contributed by atoms with van der Waals surface area (Å²) in [4.78, 5) is 7.55. The second-order valence-corrected chi connectivity index (χ2v) is 4.53. The molecule has 1 heterocycles. The molecular weight excluding hydrogens is 267 g/mol. The van der Waals surface area contributed by atoms with Crippen molar-refractivity contribution in [2.75, 3.05) is 12.4 Å². The number of nitrogens with one attached hydrogen (secondary N) is 1. The zero-order valence-corrected chi connectivity index (χ0v) is 11.3. The van der Waals surface area contributed by atoms with Crippen LogP contribution in [0.5, 0.6) is 0 Å². The Labute approximate surface area is 114 Å². The second-order valence-electron chi connectivity index (χ2n) is 4.53. The van der Waals surface area contributed by atoms with Gasteiger partial charge in [0.25, 0.3) is 0 Å². The Balaban J connectivity index is 2.61. The van der Waals surface area contributed by atoms with E-state index in [4.69, 9.17) is 0 Å². The van der Waals surface area contributed by atoms with Crippen molar-refractivity contribution in [3.8, 4) is 11.3 Å². The highest BCUT2D eigenvalue weighted by atomic mass is 19.4. The molecule has 2 aromatic rings. The van der Waals surface area contributed by atoms with E-state index in [9.17, 15) is 13.2 Å². The van der Waals surface area contributed by atoms with Gasteiger partial charge in [-0.3, -0.25) is 0 Å². The van der Waals surface area contributed by atoms with Crippen LogP contribution >= 0.6 is 0 Å². The fourth-order valence-electron chi connectivity index (χ4n) is 1.94. The molecule has 0 amide bonds. The second kappa shape index (κ2) is 5.11. The predicted octanol–water partition coefficient (Wildman–Crippen LogP) is 3.82. The van der Waals surface area contributed by atoms with E-state index in [0.29, 0.717) is 5.56 Å². The summed E-state index contributed by atoms with van der Waals surface area (Å²) in [6, 6.07) is 6.49. The quantitative estimate of drug-likeness (QED) is 0.909. The number of aryl methyl sites for hydroxylation is 2. The first-order valence-corrected chi connectivity index (χ1v) is 6.03. The van der Waals surface area contributed by atoms with E-state index in [1.165, 1.54) is 7.05 Å². The van der Waals surface area contributed by atoms with Gasteiger partial charge in [-0.15, -0.1) is 0 Å². The third-order valence-electron chi connectivity index (χ3n) is 2.90. The normalized spacial score (nSPS) is 11.5. The van der Waals surface area contributed by atoms with E-state index in [0.717, 1.165) is 17.2 Å². The number of benzene rings is 1. The molecule has 6 heteroatoms. The number of halogens is 3. The van der Waals surface area contributed by atoms with Crippen LogP contribution in [0.15, 0.2) is 24.3 Å². The van der Waals surface area contributed by atoms with Crippen molar-refractivity contribution in [2.45, 2.75) is 20.0 Å². The standard InChI is InChI=1S/C14H14F3N3/c1-8-4-5-10(9(2)6-8)11-7-12(14(15,16)17)20-13(18-3)19-11/h4-7H,1-3H3,(H,18,19,20). The van der Waals surface area contributed by atoms with E-state index in [2.05, 4.69) is 15.3 Å². The lowest BCUT2D eigenvalue weighted by atomic mass is 10.0. The molecule has 106 valence electrons. The lowest BCUT2D eigenvalue weighted by molar-refractivity contribution is -0.141. The minimum absolute atomic E-state index is 0.0465. The average Bonchev–Trinajstić information content (AvgIpc) is 2.37. The van der Waals surface area contributed by atoms with Crippen LogP contribution in [-0.2, 0) is 6.18 Å². The highest BCUT2D eigenvalue weighted by Gasteiger charge is 2.33. The van der Waals surface area contributed by atoms with E-state index in [-0.39, 0.29) is 11.6 Å². The monoisotopic (exact) mass is 281 g/mol. The first-order valence-electron chi connectivity index (χ1n) is 6.03. The van der Waals surface area contributed by atoms with Crippen molar-refractivity contribution in [3.05, 3.63) is 41.1 Å². The van der Waals surface area contributed by atoms with E-state index in [1.807, 2.05) is 26.0 Å². The zero-order chi connectivity index (χ0) is 14.9. The van der Waals surface area contributed by atoms with Gasteiger partial charge in [0.2, 0.25) is 5.95 Å². The van der Waals surface area contributed by atoms with Crippen molar-refractivity contribution >= 4 is 5.95 Å². The molecule has 3 nitrogen and oxygen atoms in total. The number of hydrogen-bond donors (Lipinski definition) is 1. The third-order valence-corrected chi connectivity index (χ3v) is 2.90. The number of rotatable bonds is 2. The van der Waals surface area contributed by atoms with Crippen molar-refractivity contribution in [1.29, 1.82) is 0 Å². The van der Waals surface area contributed by atoms with Gasteiger partial charge in [-0.05, 0) is 25.5 Å². The lowest BCUT2D eigenvalue weighted by Gasteiger charge is -2.12. The minimum atomic E-state index is -4.50. The van der Waals surface area contributed by atoms with Crippen LogP contribution < -0.4 is 5.32 Å². The SMILES string of the molecule is CNc1nc(-c2ccc(C)cc2C)cc(C(F)(F)F)n1. The molecule has 0 saturated heterocycles. The molecule has 0 unspecified atom stereocenters. The molecule has 0 aliphatic rings. The molecule has 0 bridgehead atoms. The molecule has 1 N–H and O–H groups in total. The predicted molar refractivity (Wildman–Crippen MR) is 71.5 cm³/mol. The molecule has 0 fully saturated rings. The average molecular weight is 281 g/mol. The molecule has 0 spiro atoms. The summed E-state index contributed by atoms with van der Waals surface area (Å²) < 4.78 is 38.5. The highest BCUT2D eigenvalue weighted by molar-refractivity contribution is 5.65. The fraction of sp³-hybridized carbons (Fsp3) is 0.286. The van der Waals surface area contributed by atoms with E-state index < -0.39 is 11.9 Å². The Morgan fingerprint density at radius 3 is 2.30 bits per heavy atom. The molecule has 1 aromatic heterocycles. The smallest absolute Gasteiger partial charge is 0.357 e. The molecule has 0 aliphatic heterocycles. The van der Waals surface area contributed by atoms with Crippen molar-refractivity contribution in [1.82, 2.24) is 9.97 Å². The van der Waals surface area contributed by atoms with Crippen LogP contribution in [0.4, 0.5) is 19.1 Å². The molecule has 20 heavy (non-hydrogen) atoms. The Bertz CT molecular complexity index is 636. The van der Waals surface area contributed by atoms with Crippen molar-refractivity contribution in [2.24, 2.45) is 0 Å². The maximum atomic E-state index is 12.8. The van der Waals surface area contributed by atoms with Crippen LogP contribution in [0.1, 0.15) is 16.8 Å². The fourth-order valence-corrected chi connectivity index (χ4v) is 1.94. The van der Waals surface area contributed by atoms with Crippen LogP contribution in [0.25, 0.3) is 11.3 Å². The summed E-state index contributed by atoms with van der Waals surface area (Å²) >= 11 is 0. The van der Waals surface area contributed by atoms with Crippen LogP contribution in [-0.4, -0.2) is 17.0 Å². The Kier molecular flexibility index (Phi) is 3.65. The van der Waals surface area contributed by atoms with Crippen molar-refractivity contribution < 1.29 is 13.2 Å². The summed E-state index contributed by atoms with van der Waals surface area (Å²) in [7, 11) is 1.49. The molecule has 0 radical (unpaired) electrons. The van der Waals surface area contributed by atoms with Crippen LogP contribution in [0.3, 0.4) is 0 Å². The number of anilines is 1. The van der Waals surface area contributed by atoms with Gasteiger partial charge >= 0.3 is 6.18 Å². The largest absolute Gasteiger partial charge is 0.433 e. The first kappa shape index (κ1) is 14.3. The summed E-state index contributed by atoms with van der Waals surface area (Å²) in [6.45, 7) is 3.77. The zero-order valence-electron chi connectivity index (χ0n) is 11.3. The maximum absolute atomic E-state index is 12.8. The van der Waals surface area contributed by atoms with Gasteiger partial charge in [-0.2, -0.15) is 13.2 Å². The molecule has 0 aliphatic carbocycles. The van der Waals surface area contributed by atoms with Gasteiger partial charge in [0.05, 0.1) is 5.69 Å². The van der Waals surface area contributed by atoms with Crippen LogP contribution in [0.2, 0.25) is 0 Å². The third kappa shape index (κ3) is 2.89. The van der Waals surface area contributed by atoms with Crippen LogP contribution in [0, 0.1) is 13.8 Å². The summed E-state index contributed by atoms with van der Waals surface area (Å²) in [5.74, 6) is -0.0465. The summed E-state index contributed by atoms with van der Waals surface area (Å²) in [5, 5.41) is 2.56. The van der Waals surface area contributed by atoms with Gasteiger partial charge < -0.3 is 5.32 Å². The molecule has 1 aromatic carbocycles.